The first kappa shape index (κ1) is 84.5. The lowest BCUT2D eigenvalue weighted by molar-refractivity contribution is -0.370. The molecule has 534 valence electrons. The highest BCUT2D eigenvalue weighted by molar-refractivity contribution is 6.75. The Labute approximate surface area is 568 Å². The molecule has 0 aromatic carbocycles. The zero-order valence-electron chi connectivity index (χ0n) is 63.4. The topological polar surface area (TPSA) is 174 Å². The average Bonchev–Trinajstić information content (AvgIpc) is 0.744. The van der Waals surface area contributed by atoms with Crippen molar-refractivity contribution in [3.63, 3.8) is 0 Å². The van der Waals surface area contributed by atoms with E-state index in [-0.39, 0.29) is 63.1 Å². The second-order valence-corrected chi connectivity index (χ2v) is 52.2. The van der Waals surface area contributed by atoms with Gasteiger partial charge in [0.05, 0.1) is 49.3 Å². The van der Waals surface area contributed by atoms with E-state index in [4.69, 9.17) is 71.9 Å². The zero-order valence-corrected chi connectivity index (χ0v) is 68.1. The van der Waals surface area contributed by atoms with Gasteiger partial charge in [0.15, 0.2) is 45.7 Å². The molecule has 2 saturated heterocycles. The third kappa shape index (κ3) is 22.2. The largest absolute Gasteiger partial charge is 0.455 e. The lowest BCUT2D eigenvalue weighted by atomic mass is 9.76. The highest BCUT2D eigenvalue weighted by Gasteiger charge is 2.63. The van der Waals surface area contributed by atoms with Gasteiger partial charge < -0.3 is 65.4 Å². The third-order valence-corrected chi connectivity index (χ3v) is 39.4. The highest BCUT2D eigenvalue weighted by atomic mass is 35.5. The van der Waals surface area contributed by atoms with Gasteiger partial charge in [-0.1, -0.05) is 151 Å². The number of carbonyl (C=O) groups excluding carboxylic acids is 2. The summed E-state index contributed by atoms with van der Waals surface area (Å²) in [5.41, 5.74) is 3.00. The van der Waals surface area contributed by atoms with Crippen molar-refractivity contribution < 1.29 is 75.0 Å². The summed E-state index contributed by atoms with van der Waals surface area (Å²) in [5, 5.41) is 10.8. The number of aliphatic hydroxyl groups excluding tert-OH is 1. The molecule has 16 nitrogen and oxygen atoms in total. The Balaban J connectivity index is 2.47. The van der Waals surface area contributed by atoms with Crippen molar-refractivity contribution in [1.29, 1.82) is 0 Å². The van der Waals surface area contributed by atoms with Crippen LogP contribution in [0.15, 0.2) is 58.7 Å². The maximum absolute atomic E-state index is 15.2. The molecule has 0 aromatic rings. The van der Waals surface area contributed by atoms with E-state index in [1.165, 1.54) is 14.2 Å². The van der Waals surface area contributed by atoms with Crippen LogP contribution in [0.25, 0.3) is 0 Å². The van der Waals surface area contributed by atoms with Crippen LogP contribution in [0.3, 0.4) is 0 Å². The Morgan fingerprint density at radius 1 is 0.696 bits per heavy atom. The maximum Gasteiger partial charge on any atom is 0.334 e. The molecule has 0 amide bonds. The summed E-state index contributed by atoms with van der Waals surface area (Å²) in [7, 11) is -3.67. The van der Waals surface area contributed by atoms with Crippen molar-refractivity contribution in [2.75, 3.05) is 40.9 Å². The molecule has 0 aliphatic carbocycles. The molecule has 0 radical (unpaired) electrons. The van der Waals surface area contributed by atoms with Crippen molar-refractivity contribution >= 4 is 56.8 Å². The Morgan fingerprint density at radius 2 is 1.22 bits per heavy atom. The summed E-state index contributed by atoms with van der Waals surface area (Å²) in [6.45, 7) is 60.4. The van der Waals surface area contributed by atoms with E-state index in [0.717, 1.165) is 16.7 Å². The number of hydrogen-bond acceptors (Lipinski definition) is 16. The number of hydrogen-bond donors (Lipinski definition) is 1. The number of rotatable bonds is 21. The second kappa shape index (κ2) is 33.9. The average molecular weight is 1390 g/mol. The zero-order chi connectivity index (χ0) is 70.9. The lowest BCUT2D eigenvalue weighted by Crippen LogP contribution is -2.69. The summed E-state index contributed by atoms with van der Waals surface area (Å²) in [4.78, 5) is 29.3. The molecule has 2 fully saturated rings. The molecule has 1 N–H and O–H groups in total. The minimum Gasteiger partial charge on any atom is -0.455 e. The number of cyclic esters (lactones) is 1. The summed E-state index contributed by atoms with van der Waals surface area (Å²) in [6.07, 6.45) is 4.12. The van der Waals surface area contributed by atoms with Crippen molar-refractivity contribution in [2.24, 2.45) is 17.8 Å². The number of halogens is 1. The van der Waals surface area contributed by atoms with E-state index < -0.39 is 136 Å². The van der Waals surface area contributed by atoms with Gasteiger partial charge in [-0.15, -0.1) is 11.6 Å². The molecular weight excluding hydrogens is 1260 g/mol. The van der Waals surface area contributed by atoms with Gasteiger partial charge in [-0.2, -0.15) is 0 Å². The number of methoxy groups -OCH3 is 4. The molecule has 3 aliphatic rings. The number of ether oxygens (including phenoxy) is 9. The van der Waals surface area contributed by atoms with Crippen LogP contribution in [0.4, 0.5) is 0 Å². The van der Waals surface area contributed by atoms with Gasteiger partial charge in [0.1, 0.15) is 30.3 Å². The van der Waals surface area contributed by atoms with Crippen LogP contribution >= 0.6 is 11.6 Å². The highest BCUT2D eigenvalue weighted by Crippen LogP contribution is 2.50. The first-order valence-corrected chi connectivity index (χ1v) is 45.9. The van der Waals surface area contributed by atoms with Crippen LogP contribution in [-0.4, -0.2) is 177 Å². The normalized spacial score (nSPS) is 34.0. The summed E-state index contributed by atoms with van der Waals surface area (Å²) in [5.74, 6) is -4.98. The van der Waals surface area contributed by atoms with Gasteiger partial charge in [0, 0.05) is 64.6 Å². The minimum atomic E-state index is -2.59. The number of carbonyl (C=O) groups is 2. The van der Waals surface area contributed by atoms with Gasteiger partial charge in [-0.05, 0) is 126 Å². The van der Waals surface area contributed by atoms with E-state index in [9.17, 15) is 9.90 Å². The van der Waals surface area contributed by atoms with Gasteiger partial charge >= 0.3 is 11.9 Å². The van der Waals surface area contributed by atoms with Gasteiger partial charge in [0.2, 0.25) is 5.79 Å². The Kier molecular flexibility index (Phi) is 31.2. The fourth-order valence-electron chi connectivity index (χ4n) is 11.4. The fraction of sp³-hybridized carbons (Fsp3) is 0.831. The first-order chi connectivity index (χ1) is 41.9. The number of aliphatic hydroxyl groups is 1. The quantitative estimate of drug-likeness (QED) is 0.0652. The molecule has 0 spiro atoms. The predicted molar refractivity (Wildman–Crippen MR) is 382 cm³/mol. The fourth-order valence-corrected chi connectivity index (χ4v) is 16.9. The molecule has 21 heteroatoms. The number of alkyl halides is 1. The van der Waals surface area contributed by atoms with Crippen LogP contribution in [-0.2, 0) is 69.9 Å². The maximum atomic E-state index is 15.2. The van der Waals surface area contributed by atoms with Crippen LogP contribution < -0.4 is 0 Å². The molecule has 92 heavy (non-hydrogen) atoms. The first-order valence-electron chi connectivity index (χ1n) is 33.8. The van der Waals surface area contributed by atoms with E-state index in [1.54, 1.807) is 27.2 Å². The molecule has 0 aromatic heterocycles. The van der Waals surface area contributed by atoms with Gasteiger partial charge in [0.25, 0.3) is 0 Å². The third-order valence-electron chi connectivity index (χ3n) is 21.3. The van der Waals surface area contributed by atoms with Crippen molar-refractivity contribution in [3.05, 3.63) is 58.7 Å². The molecule has 3 aliphatic heterocycles. The molecule has 3 heterocycles. The number of esters is 2. The summed E-state index contributed by atoms with van der Waals surface area (Å²) >= 11 is 6.39. The smallest absolute Gasteiger partial charge is 0.334 e. The SMILES string of the molecule is COC[C@H](O)C[C@H]1O[C@@](OC)([C@H](OC(=O)CCl)[C@@H]2C[C@H](OC)[C@H](O[Si](C)(C)C(C)(C)C)CC/C=C(C)/C=C/[C@@H](O[C@@H]3O[C@@H](C)[C@H](OC)[C@@H](O[Si](C)(C)C(C)(C)C)[C@@H]3O[Si](C)(C)C(C)(C)C)[C@H](C)/C=C(C)/C=C(C)/C=C(\C)C(=O)O2)[C@H](C)[C@@H](O[Si](C)(C)C(C)(C)C)[C@H]1C. The molecule has 0 bridgehead atoms. The van der Waals surface area contributed by atoms with Crippen molar-refractivity contribution in [2.45, 2.75) is 322 Å². The standard InChI is InChI=1S/C71H131ClO16Si4/c1-45-34-33-35-55(85-89(25,26)67(9,10)11)57(77-22)42-58(64(83-59(74)43-72)71(79-24)51(7)60(86-90(27,28)68(12,13)14)50(6)56(84-71)41-53(73)44-76-21)81-65(75)49(5)40-47(3)38-46(2)39-48(4)54(37-36-45)82-66-63(88-92(31,32)70(18,19)20)62(61(78-23)52(8)80-66)87-91(29,30)69(15,16)17/h34,36-40,48,50-58,60-64,66,73H,33,35,41-44H2,1-32H3/b37-36+,45-34+,46-39+,47-38+,49-40+/t48-,50+,51-,52+,53-,54-,55-,56-,57+,58+,60+,61+,62-,63+,64-,66+,71-/m1/s1. The lowest BCUT2D eigenvalue weighted by Gasteiger charge is -2.56. The summed E-state index contributed by atoms with van der Waals surface area (Å²) in [6, 6.07) is 0. The van der Waals surface area contributed by atoms with Crippen LogP contribution in [0.1, 0.15) is 164 Å². The van der Waals surface area contributed by atoms with E-state index in [1.807, 2.05) is 40.7 Å². The molecule has 17 atom stereocenters. The van der Waals surface area contributed by atoms with Crippen molar-refractivity contribution in [1.82, 2.24) is 0 Å². The molecule has 0 unspecified atom stereocenters. The monoisotopic (exact) mass is 1390 g/mol. The van der Waals surface area contributed by atoms with E-state index in [0.29, 0.717) is 12.8 Å². The van der Waals surface area contributed by atoms with Crippen molar-refractivity contribution in [3.8, 4) is 0 Å². The van der Waals surface area contributed by atoms with E-state index in [2.05, 4.69) is 174 Å². The number of allylic oxidation sites excluding steroid dienone is 7. The Hall–Kier alpha value is -1.68. The van der Waals surface area contributed by atoms with Crippen LogP contribution in [0.2, 0.25) is 72.5 Å². The van der Waals surface area contributed by atoms with E-state index >= 15 is 4.79 Å². The minimum absolute atomic E-state index is 0.0262. The van der Waals surface area contributed by atoms with Crippen LogP contribution in [0.5, 0.6) is 0 Å². The molecule has 0 saturated carbocycles. The Bertz CT molecular complexity index is 2520. The van der Waals surface area contributed by atoms with Gasteiger partial charge in [-0.25, -0.2) is 4.79 Å². The molecular formula is C71H131ClO16Si4. The molecule has 3 rings (SSSR count). The van der Waals surface area contributed by atoms with Crippen LogP contribution in [0, 0.1) is 17.8 Å². The second-order valence-electron chi connectivity index (χ2n) is 32.9. The summed E-state index contributed by atoms with van der Waals surface area (Å²) < 4.78 is 89.6. The predicted octanol–water partition coefficient (Wildman–Crippen LogP) is 16.3. The Morgan fingerprint density at radius 3 is 1.71 bits per heavy atom. The van der Waals surface area contributed by atoms with Gasteiger partial charge in [-0.3, -0.25) is 4.79 Å².